The van der Waals surface area contributed by atoms with Crippen LogP contribution in [0, 0.1) is 6.92 Å². The van der Waals surface area contributed by atoms with Crippen LogP contribution in [0.5, 0.6) is 0 Å². The quantitative estimate of drug-likeness (QED) is 0.870. The molecular weight excluding hydrogens is 238 g/mol. The van der Waals surface area contributed by atoms with Crippen LogP contribution in [0.25, 0.3) is 0 Å². The van der Waals surface area contributed by atoms with Gasteiger partial charge in [-0.2, -0.15) is 0 Å². The smallest absolute Gasteiger partial charge is 0.304 e. The molecule has 0 bridgehead atoms. The number of carbonyl (C=O) groups is 1. The van der Waals surface area contributed by atoms with Crippen molar-refractivity contribution in [2.75, 3.05) is 0 Å². The van der Waals surface area contributed by atoms with Crippen LogP contribution in [0.2, 0.25) is 5.02 Å². The Hall–Kier alpha value is -1.06. The minimum atomic E-state index is -0.845. The third-order valence-electron chi connectivity index (χ3n) is 2.88. The first-order chi connectivity index (χ1) is 7.71. The van der Waals surface area contributed by atoms with Crippen LogP contribution >= 0.6 is 11.6 Å². The number of aliphatic carboxylic acids is 1. The standard InChI is InChI=1S/C13H18ClNO2/c1-8-6-9(14)4-5-10(8)11(7-12(16)17)13(2,3)15/h4-6,11H,7,15H2,1-3H3,(H,16,17). The van der Waals surface area contributed by atoms with Gasteiger partial charge in [-0.1, -0.05) is 17.7 Å². The van der Waals surface area contributed by atoms with Crippen molar-refractivity contribution in [1.29, 1.82) is 0 Å². The van der Waals surface area contributed by atoms with Gasteiger partial charge in [-0.15, -0.1) is 0 Å². The van der Waals surface area contributed by atoms with Gasteiger partial charge in [-0.05, 0) is 44.0 Å². The highest BCUT2D eigenvalue weighted by molar-refractivity contribution is 6.30. The summed E-state index contributed by atoms with van der Waals surface area (Å²) < 4.78 is 0. The first-order valence-corrected chi connectivity index (χ1v) is 5.86. The number of nitrogens with two attached hydrogens (primary N) is 1. The SMILES string of the molecule is Cc1cc(Cl)ccc1C(CC(=O)O)C(C)(C)N. The molecule has 3 nitrogen and oxygen atoms in total. The highest BCUT2D eigenvalue weighted by Gasteiger charge is 2.30. The Kier molecular flexibility index (Phi) is 4.17. The molecule has 0 saturated carbocycles. The third kappa shape index (κ3) is 3.72. The fourth-order valence-corrected chi connectivity index (χ4v) is 2.21. The minimum absolute atomic E-state index is 0.0198. The van der Waals surface area contributed by atoms with Crippen LogP contribution in [-0.2, 0) is 4.79 Å². The summed E-state index contributed by atoms with van der Waals surface area (Å²) in [6, 6.07) is 5.46. The highest BCUT2D eigenvalue weighted by Crippen LogP contribution is 2.32. The van der Waals surface area contributed by atoms with E-state index in [1.807, 2.05) is 32.9 Å². The van der Waals surface area contributed by atoms with Gasteiger partial charge >= 0.3 is 5.97 Å². The largest absolute Gasteiger partial charge is 0.481 e. The fraction of sp³-hybridized carbons (Fsp3) is 0.462. The number of carboxylic acids is 1. The number of aryl methyl sites for hydroxylation is 1. The Labute approximate surface area is 107 Å². The van der Waals surface area contributed by atoms with Crippen molar-refractivity contribution in [3.8, 4) is 0 Å². The van der Waals surface area contributed by atoms with Gasteiger partial charge in [-0.25, -0.2) is 0 Å². The second-order valence-corrected chi connectivity index (χ2v) is 5.41. The molecule has 0 heterocycles. The van der Waals surface area contributed by atoms with Gasteiger partial charge < -0.3 is 10.8 Å². The Balaban J connectivity index is 3.17. The zero-order valence-corrected chi connectivity index (χ0v) is 11.1. The van der Waals surface area contributed by atoms with E-state index in [0.717, 1.165) is 11.1 Å². The Morgan fingerprint density at radius 3 is 2.53 bits per heavy atom. The summed E-state index contributed by atoms with van der Waals surface area (Å²) in [4.78, 5) is 10.9. The van der Waals surface area contributed by atoms with Gasteiger partial charge in [-0.3, -0.25) is 4.79 Å². The Morgan fingerprint density at radius 1 is 1.53 bits per heavy atom. The second kappa shape index (κ2) is 5.07. The molecule has 0 amide bonds. The molecule has 0 aromatic heterocycles. The van der Waals surface area contributed by atoms with E-state index < -0.39 is 11.5 Å². The number of hydrogen-bond donors (Lipinski definition) is 2. The zero-order valence-electron chi connectivity index (χ0n) is 10.3. The molecule has 0 saturated heterocycles. The lowest BCUT2D eigenvalue weighted by Crippen LogP contribution is -2.40. The molecule has 3 N–H and O–H groups in total. The lowest BCUT2D eigenvalue weighted by Gasteiger charge is -2.31. The van der Waals surface area contributed by atoms with Gasteiger partial charge in [0.2, 0.25) is 0 Å². The molecule has 17 heavy (non-hydrogen) atoms. The predicted molar refractivity (Wildman–Crippen MR) is 69.4 cm³/mol. The summed E-state index contributed by atoms with van der Waals surface area (Å²) in [5, 5.41) is 9.62. The molecule has 0 radical (unpaired) electrons. The van der Waals surface area contributed by atoms with Crippen molar-refractivity contribution in [3.05, 3.63) is 34.3 Å². The molecule has 0 aliphatic carbocycles. The van der Waals surface area contributed by atoms with E-state index in [1.54, 1.807) is 6.07 Å². The molecule has 0 aliphatic heterocycles. The topological polar surface area (TPSA) is 63.3 Å². The maximum atomic E-state index is 10.9. The maximum Gasteiger partial charge on any atom is 0.304 e. The predicted octanol–water partition coefficient (Wildman–Crippen LogP) is 2.94. The molecule has 0 aliphatic rings. The summed E-state index contributed by atoms with van der Waals surface area (Å²) in [5.41, 5.74) is 7.41. The van der Waals surface area contributed by atoms with Crippen molar-refractivity contribution in [3.63, 3.8) is 0 Å². The van der Waals surface area contributed by atoms with Crippen LogP contribution < -0.4 is 5.73 Å². The number of halogens is 1. The van der Waals surface area contributed by atoms with Crippen molar-refractivity contribution in [1.82, 2.24) is 0 Å². The molecule has 94 valence electrons. The van der Waals surface area contributed by atoms with E-state index in [9.17, 15) is 4.79 Å². The summed E-state index contributed by atoms with van der Waals surface area (Å²) >= 11 is 5.89. The van der Waals surface area contributed by atoms with Gasteiger partial charge in [0.1, 0.15) is 0 Å². The normalized spacial score (nSPS) is 13.5. The molecule has 1 atom stereocenters. The van der Waals surface area contributed by atoms with Crippen molar-refractivity contribution >= 4 is 17.6 Å². The Morgan fingerprint density at radius 2 is 2.12 bits per heavy atom. The summed E-state index contributed by atoms with van der Waals surface area (Å²) in [7, 11) is 0. The monoisotopic (exact) mass is 255 g/mol. The van der Waals surface area contributed by atoms with E-state index in [4.69, 9.17) is 22.4 Å². The number of rotatable bonds is 4. The Bertz CT molecular complexity index is 424. The summed E-state index contributed by atoms with van der Waals surface area (Å²) in [6.07, 6.45) is 0.0198. The van der Waals surface area contributed by atoms with E-state index in [1.165, 1.54) is 0 Å². The average molecular weight is 256 g/mol. The fourth-order valence-electron chi connectivity index (χ4n) is 1.98. The third-order valence-corrected chi connectivity index (χ3v) is 3.12. The number of hydrogen-bond acceptors (Lipinski definition) is 2. The zero-order chi connectivity index (χ0) is 13.2. The highest BCUT2D eigenvalue weighted by atomic mass is 35.5. The minimum Gasteiger partial charge on any atom is -0.481 e. The van der Waals surface area contributed by atoms with E-state index in [2.05, 4.69) is 0 Å². The van der Waals surface area contributed by atoms with Crippen molar-refractivity contribution < 1.29 is 9.90 Å². The average Bonchev–Trinajstić information content (AvgIpc) is 2.13. The van der Waals surface area contributed by atoms with Crippen molar-refractivity contribution in [2.45, 2.75) is 38.6 Å². The molecule has 4 heteroatoms. The second-order valence-electron chi connectivity index (χ2n) is 4.97. The van der Waals surface area contributed by atoms with Gasteiger partial charge in [0.25, 0.3) is 0 Å². The molecule has 0 fully saturated rings. The van der Waals surface area contributed by atoms with E-state index >= 15 is 0 Å². The first kappa shape index (κ1) is 14.0. The molecule has 1 unspecified atom stereocenters. The van der Waals surface area contributed by atoms with Crippen LogP contribution in [0.1, 0.15) is 37.3 Å². The maximum absolute atomic E-state index is 10.9. The molecule has 1 aromatic carbocycles. The summed E-state index contributed by atoms with van der Waals surface area (Å²) in [6.45, 7) is 5.60. The van der Waals surface area contributed by atoms with Crippen LogP contribution in [-0.4, -0.2) is 16.6 Å². The van der Waals surface area contributed by atoms with Gasteiger partial charge in [0.05, 0.1) is 6.42 Å². The van der Waals surface area contributed by atoms with Crippen LogP contribution in [0.3, 0.4) is 0 Å². The van der Waals surface area contributed by atoms with Gasteiger partial charge in [0, 0.05) is 16.5 Å². The molecule has 1 aromatic rings. The molecule has 0 spiro atoms. The van der Waals surface area contributed by atoms with Crippen molar-refractivity contribution in [2.24, 2.45) is 5.73 Å². The molecule has 1 rings (SSSR count). The lowest BCUT2D eigenvalue weighted by molar-refractivity contribution is -0.137. The lowest BCUT2D eigenvalue weighted by atomic mass is 9.79. The van der Waals surface area contributed by atoms with Crippen LogP contribution in [0.4, 0.5) is 0 Å². The van der Waals surface area contributed by atoms with Gasteiger partial charge in [0.15, 0.2) is 0 Å². The van der Waals surface area contributed by atoms with E-state index in [-0.39, 0.29) is 12.3 Å². The van der Waals surface area contributed by atoms with Crippen LogP contribution in [0.15, 0.2) is 18.2 Å². The number of carboxylic acid groups (broad SMARTS) is 1. The first-order valence-electron chi connectivity index (χ1n) is 5.48. The summed E-state index contributed by atoms with van der Waals surface area (Å²) in [5.74, 6) is -1.07. The van der Waals surface area contributed by atoms with E-state index in [0.29, 0.717) is 5.02 Å². The molecular formula is C13H18ClNO2. The number of benzene rings is 1.